The Kier molecular flexibility index (Phi) is 7.00. The molecular weight excluding hydrogens is 380 g/mol. The molecule has 0 saturated carbocycles. The molecule has 1 atom stereocenters. The van der Waals surface area contributed by atoms with Crippen molar-refractivity contribution < 1.29 is 4.79 Å². The van der Waals surface area contributed by atoms with Crippen LogP contribution in [0.4, 0.5) is 5.69 Å². The van der Waals surface area contributed by atoms with E-state index in [1.165, 1.54) is 24.6 Å². The van der Waals surface area contributed by atoms with Crippen LogP contribution in [0, 0.1) is 0 Å². The van der Waals surface area contributed by atoms with Gasteiger partial charge in [0, 0.05) is 22.9 Å². The largest absolute Gasteiger partial charge is 0.358 e. The molecular formula is C20H22N2OS3. The van der Waals surface area contributed by atoms with Gasteiger partial charge in [0.05, 0.1) is 10.9 Å². The third-order valence-corrected chi connectivity index (χ3v) is 6.79. The van der Waals surface area contributed by atoms with E-state index in [0.717, 1.165) is 32.9 Å². The van der Waals surface area contributed by atoms with E-state index in [-0.39, 0.29) is 11.2 Å². The van der Waals surface area contributed by atoms with Gasteiger partial charge in [-0.05, 0) is 44.0 Å². The molecule has 1 heterocycles. The summed E-state index contributed by atoms with van der Waals surface area (Å²) in [6.07, 6.45) is 2.37. The van der Waals surface area contributed by atoms with Crippen LogP contribution in [0.1, 0.15) is 19.8 Å². The lowest BCUT2D eigenvalue weighted by molar-refractivity contribution is -0.115. The molecule has 136 valence electrons. The maximum atomic E-state index is 12.6. The minimum absolute atomic E-state index is 0.0161. The molecule has 3 nitrogen and oxygen atoms in total. The Labute approximate surface area is 168 Å². The first-order valence-electron chi connectivity index (χ1n) is 8.72. The van der Waals surface area contributed by atoms with Crippen molar-refractivity contribution in [2.24, 2.45) is 0 Å². The SMILES string of the molecule is CC(SC(=S)N1CCCC1)C(=O)Nc1ccccc1Sc1ccccc1. The highest BCUT2D eigenvalue weighted by Gasteiger charge is 2.22. The Bertz CT molecular complexity index is 761. The highest BCUT2D eigenvalue weighted by atomic mass is 32.2. The zero-order valence-corrected chi connectivity index (χ0v) is 17.1. The predicted octanol–water partition coefficient (Wildman–Crippen LogP) is 5.28. The lowest BCUT2D eigenvalue weighted by Crippen LogP contribution is -2.29. The van der Waals surface area contributed by atoms with Gasteiger partial charge in [-0.25, -0.2) is 0 Å². The second-order valence-electron chi connectivity index (χ2n) is 6.12. The fraction of sp³-hybridized carbons (Fsp3) is 0.300. The second kappa shape index (κ2) is 9.44. The number of para-hydroxylation sites is 1. The van der Waals surface area contributed by atoms with E-state index in [4.69, 9.17) is 12.2 Å². The molecule has 6 heteroatoms. The number of thiocarbonyl (C=S) groups is 1. The number of hydrogen-bond donors (Lipinski definition) is 1. The van der Waals surface area contributed by atoms with Crippen LogP contribution in [0.3, 0.4) is 0 Å². The van der Waals surface area contributed by atoms with Gasteiger partial charge in [0.15, 0.2) is 0 Å². The summed E-state index contributed by atoms with van der Waals surface area (Å²) >= 11 is 8.61. The van der Waals surface area contributed by atoms with E-state index < -0.39 is 0 Å². The quantitative estimate of drug-likeness (QED) is 0.688. The third kappa shape index (κ3) is 5.25. The van der Waals surface area contributed by atoms with Crippen molar-refractivity contribution in [3.05, 3.63) is 54.6 Å². The molecule has 1 fully saturated rings. The van der Waals surface area contributed by atoms with Gasteiger partial charge in [-0.3, -0.25) is 4.79 Å². The molecule has 0 radical (unpaired) electrons. The number of nitrogens with one attached hydrogen (secondary N) is 1. The van der Waals surface area contributed by atoms with Crippen molar-refractivity contribution in [1.82, 2.24) is 4.90 Å². The summed E-state index contributed by atoms with van der Waals surface area (Å²) in [5.41, 5.74) is 0.839. The van der Waals surface area contributed by atoms with E-state index >= 15 is 0 Å². The van der Waals surface area contributed by atoms with Crippen LogP contribution in [0.25, 0.3) is 0 Å². The number of nitrogens with zero attached hydrogens (tertiary/aromatic N) is 1. The summed E-state index contributed by atoms with van der Waals surface area (Å²) in [4.78, 5) is 17.0. The van der Waals surface area contributed by atoms with Crippen LogP contribution in [0.5, 0.6) is 0 Å². The zero-order chi connectivity index (χ0) is 18.4. The number of carbonyl (C=O) groups excluding carboxylic acids is 1. The second-order valence-corrected chi connectivity index (χ2v) is 9.21. The third-order valence-electron chi connectivity index (χ3n) is 4.13. The number of amides is 1. The Morgan fingerprint density at radius 3 is 2.46 bits per heavy atom. The Balaban J connectivity index is 1.62. The van der Waals surface area contributed by atoms with Gasteiger partial charge in [0.2, 0.25) is 5.91 Å². The average molecular weight is 403 g/mol. The van der Waals surface area contributed by atoms with Gasteiger partial charge in [0.1, 0.15) is 4.32 Å². The van der Waals surface area contributed by atoms with Crippen molar-refractivity contribution in [3.63, 3.8) is 0 Å². The van der Waals surface area contributed by atoms with Crippen molar-refractivity contribution in [2.45, 2.75) is 34.8 Å². The lowest BCUT2D eigenvalue weighted by Gasteiger charge is -2.20. The number of carbonyl (C=O) groups is 1. The monoisotopic (exact) mass is 402 g/mol. The molecule has 0 aliphatic carbocycles. The normalized spacial score (nSPS) is 14.9. The summed E-state index contributed by atoms with van der Waals surface area (Å²) in [6.45, 7) is 3.93. The van der Waals surface area contributed by atoms with Gasteiger partial charge in [-0.2, -0.15) is 0 Å². The van der Waals surface area contributed by atoms with Crippen molar-refractivity contribution in [3.8, 4) is 0 Å². The molecule has 3 rings (SSSR count). The van der Waals surface area contributed by atoms with E-state index in [1.54, 1.807) is 11.8 Å². The fourth-order valence-electron chi connectivity index (χ4n) is 2.69. The summed E-state index contributed by atoms with van der Waals surface area (Å²) in [5.74, 6) is -0.0161. The molecule has 2 aromatic carbocycles. The first-order chi connectivity index (χ1) is 12.6. The molecule has 0 aromatic heterocycles. The predicted molar refractivity (Wildman–Crippen MR) is 116 cm³/mol. The molecule has 1 aliphatic heterocycles. The van der Waals surface area contributed by atoms with Crippen LogP contribution >= 0.6 is 35.7 Å². The molecule has 2 aromatic rings. The van der Waals surface area contributed by atoms with Crippen LogP contribution in [-0.2, 0) is 4.79 Å². The summed E-state index contributed by atoms with van der Waals surface area (Å²) in [6, 6.07) is 18.1. The number of thioether (sulfide) groups is 1. The van der Waals surface area contributed by atoms with Gasteiger partial charge < -0.3 is 10.2 Å². The first-order valence-corrected chi connectivity index (χ1v) is 10.8. The summed E-state index contributed by atoms with van der Waals surface area (Å²) < 4.78 is 0.831. The minimum Gasteiger partial charge on any atom is -0.358 e. The summed E-state index contributed by atoms with van der Waals surface area (Å²) in [7, 11) is 0. The molecule has 1 saturated heterocycles. The van der Waals surface area contributed by atoms with Gasteiger partial charge in [0.25, 0.3) is 0 Å². The smallest absolute Gasteiger partial charge is 0.237 e. The van der Waals surface area contributed by atoms with Crippen molar-refractivity contribution in [1.29, 1.82) is 0 Å². The average Bonchev–Trinajstić information content (AvgIpc) is 3.19. The molecule has 1 N–H and O–H groups in total. The number of rotatable bonds is 5. The van der Waals surface area contributed by atoms with Gasteiger partial charge in [-0.1, -0.05) is 66.1 Å². The van der Waals surface area contributed by atoms with E-state index in [0.29, 0.717) is 0 Å². The van der Waals surface area contributed by atoms with Crippen molar-refractivity contribution in [2.75, 3.05) is 18.4 Å². The molecule has 1 aliphatic rings. The van der Waals surface area contributed by atoms with Crippen LogP contribution in [0.15, 0.2) is 64.4 Å². The van der Waals surface area contributed by atoms with Crippen LogP contribution in [-0.4, -0.2) is 33.5 Å². The molecule has 1 amide bonds. The van der Waals surface area contributed by atoms with Crippen LogP contribution < -0.4 is 5.32 Å². The topological polar surface area (TPSA) is 32.3 Å². The highest BCUT2D eigenvalue weighted by molar-refractivity contribution is 8.23. The Hall–Kier alpha value is -1.50. The van der Waals surface area contributed by atoms with Gasteiger partial charge >= 0.3 is 0 Å². The number of anilines is 1. The zero-order valence-electron chi connectivity index (χ0n) is 14.7. The van der Waals surface area contributed by atoms with E-state index in [9.17, 15) is 4.79 Å². The maximum Gasteiger partial charge on any atom is 0.237 e. The minimum atomic E-state index is -0.224. The van der Waals surface area contributed by atoms with E-state index in [1.807, 2.05) is 49.4 Å². The summed E-state index contributed by atoms with van der Waals surface area (Å²) in [5, 5.41) is 2.84. The highest BCUT2D eigenvalue weighted by Crippen LogP contribution is 2.33. The van der Waals surface area contributed by atoms with Crippen molar-refractivity contribution >= 4 is 51.7 Å². The number of likely N-dealkylation sites (tertiary alicyclic amines) is 1. The lowest BCUT2D eigenvalue weighted by atomic mass is 10.3. The molecule has 26 heavy (non-hydrogen) atoms. The van der Waals surface area contributed by atoms with E-state index in [2.05, 4.69) is 22.3 Å². The molecule has 0 bridgehead atoms. The molecule has 1 unspecified atom stereocenters. The number of benzene rings is 2. The maximum absolute atomic E-state index is 12.6. The first kappa shape index (κ1) is 19.3. The number of hydrogen-bond acceptors (Lipinski definition) is 4. The molecule has 0 spiro atoms. The van der Waals surface area contributed by atoms with Gasteiger partial charge in [-0.15, -0.1) is 0 Å². The fourth-order valence-corrected chi connectivity index (χ4v) is 5.03. The van der Waals surface area contributed by atoms with Crippen LogP contribution in [0.2, 0.25) is 0 Å². The standard InChI is InChI=1S/C20H22N2OS3/c1-15(25-20(24)22-13-7-8-14-22)19(23)21-17-11-5-6-12-18(17)26-16-9-3-2-4-10-16/h2-6,9-12,15H,7-8,13-14H2,1H3,(H,21,23). The Morgan fingerprint density at radius 2 is 1.73 bits per heavy atom. The Morgan fingerprint density at radius 1 is 1.08 bits per heavy atom.